The molecule has 0 radical (unpaired) electrons. The highest BCUT2D eigenvalue weighted by Crippen LogP contribution is 2.17. The van der Waals surface area contributed by atoms with E-state index in [1.165, 1.54) is 44.1 Å². The maximum Gasteiger partial charge on any atom is -0.00519 e. The summed E-state index contributed by atoms with van der Waals surface area (Å²) in [5.41, 5.74) is 4.62. The zero-order valence-corrected chi connectivity index (χ0v) is 12.4. The van der Waals surface area contributed by atoms with Gasteiger partial charge >= 0.3 is 0 Å². The van der Waals surface area contributed by atoms with Gasteiger partial charge in [0.05, 0.1) is 0 Å². The second-order valence-electron chi connectivity index (χ2n) is 5.08. The number of rotatable bonds is 9. The Morgan fingerprint density at radius 1 is 0.889 bits per heavy atom. The third-order valence-electron chi connectivity index (χ3n) is 3.68. The van der Waals surface area contributed by atoms with E-state index in [1.54, 1.807) is 11.1 Å². The highest BCUT2D eigenvalue weighted by Gasteiger charge is 2.02. The number of aryl methyl sites for hydroxylation is 3. The van der Waals surface area contributed by atoms with Crippen LogP contribution in [0.4, 0.5) is 0 Å². The molecule has 0 aliphatic heterocycles. The van der Waals surface area contributed by atoms with Gasteiger partial charge in [-0.25, -0.2) is 0 Å². The van der Waals surface area contributed by atoms with Crippen LogP contribution in [0.2, 0.25) is 0 Å². The van der Waals surface area contributed by atoms with Crippen LogP contribution in [0.5, 0.6) is 0 Å². The molecule has 0 aliphatic rings. The largest absolute Gasteiger partial charge is 0.320 e. The standard InChI is InChI=1S/C17H29N/c1-4-15-11-12-16(5-2)17(14-15)10-8-6-7-9-13-18-3/h11-12,14,18H,4-10,13H2,1-3H3. The summed E-state index contributed by atoms with van der Waals surface area (Å²) < 4.78 is 0. The van der Waals surface area contributed by atoms with Crippen LogP contribution < -0.4 is 5.32 Å². The molecule has 0 aromatic heterocycles. The molecule has 0 aliphatic carbocycles. The fraction of sp³-hybridized carbons (Fsp3) is 0.647. The van der Waals surface area contributed by atoms with Crippen LogP contribution in [0, 0.1) is 0 Å². The van der Waals surface area contributed by atoms with Crippen molar-refractivity contribution in [3.05, 3.63) is 34.9 Å². The molecule has 0 fully saturated rings. The smallest absolute Gasteiger partial charge is 0.00519 e. The lowest BCUT2D eigenvalue weighted by atomic mass is 9.96. The molecule has 0 atom stereocenters. The van der Waals surface area contributed by atoms with E-state index in [9.17, 15) is 0 Å². The number of nitrogens with one attached hydrogen (secondary N) is 1. The normalized spacial score (nSPS) is 10.8. The van der Waals surface area contributed by atoms with Crippen molar-refractivity contribution in [2.75, 3.05) is 13.6 Å². The van der Waals surface area contributed by atoms with Crippen LogP contribution in [0.15, 0.2) is 18.2 Å². The van der Waals surface area contributed by atoms with Crippen LogP contribution in [0.1, 0.15) is 56.2 Å². The third kappa shape index (κ3) is 5.22. The molecular weight excluding hydrogens is 218 g/mol. The number of hydrogen-bond acceptors (Lipinski definition) is 1. The van der Waals surface area contributed by atoms with Crippen LogP contribution in [-0.4, -0.2) is 13.6 Å². The van der Waals surface area contributed by atoms with E-state index in [1.807, 2.05) is 7.05 Å². The molecule has 0 bridgehead atoms. The molecule has 1 aromatic rings. The first-order valence-corrected chi connectivity index (χ1v) is 7.57. The topological polar surface area (TPSA) is 12.0 Å². The van der Waals surface area contributed by atoms with E-state index in [-0.39, 0.29) is 0 Å². The molecule has 0 unspecified atom stereocenters. The Balaban J connectivity index is 2.39. The summed E-state index contributed by atoms with van der Waals surface area (Å²) >= 11 is 0. The predicted molar refractivity (Wildman–Crippen MR) is 81.3 cm³/mol. The second-order valence-corrected chi connectivity index (χ2v) is 5.08. The lowest BCUT2D eigenvalue weighted by Gasteiger charge is -2.10. The second kappa shape index (κ2) is 9.16. The average molecular weight is 247 g/mol. The molecule has 18 heavy (non-hydrogen) atoms. The molecule has 0 spiro atoms. The molecule has 102 valence electrons. The van der Waals surface area contributed by atoms with Crippen molar-refractivity contribution >= 4 is 0 Å². The summed E-state index contributed by atoms with van der Waals surface area (Å²) in [6.45, 7) is 5.66. The van der Waals surface area contributed by atoms with E-state index in [2.05, 4.69) is 37.4 Å². The molecule has 0 saturated heterocycles. The van der Waals surface area contributed by atoms with Gasteiger partial charge in [-0.3, -0.25) is 0 Å². The van der Waals surface area contributed by atoms with E-state index >= 15 is 0 Å². The fourth-order valence-corrected chi connectivity index (χ4v) is 2.45. The molecule has 0 saturated carbocycles. The van der Waals surface area contributed by atoms with Crippen molar-refractivity contribution in [3.63, 3.8) is 0 Å². The van der Waals surface area contributed by atoms with Crippen molar-refractivity contribution in [1.29, 1.82) is 0 Å². The van der Waals surface area contributed by atoms with Gasteiger partial charge < -0.3 is 5.32 Å². The summed E-state index contributed by atoms with van der Waals surface area (Å²) in [6, 6.07) is 7.04. The Labute approximate surface area is 113 Å². The Hall–Kier alpha value is -0.820. The monoisotopic (exact) mass is 247 g/mol. The highest BCUT2D eigenvalue weighted by molar-refractivity contribution is 5.32. The van der Waals surface area contributed by atoms with Gasteiger partial charge in [0.1, 0.15) is 0 Å². The average Bonchev–Trinajstić information content (AvgIpc) is 2.42. The molecule has 1 N–H and O–H groups in total. The summed E-state index contributed by atoms with van der Waals surface area (Å²) in [7, 11) is 2.03. The lowest BCUT2D eigenvalue weighted by molar-refractivity contribution is 0.615. The summed E-state index contributed by atoms with van der Waals surface area (Å²) in [6.07, 6.45) is 8.95. The van der Waals surface area contributed by atoms with Gasteiger partial charge in [0.2, 0.25) is 0 Å². The minimum absolute atomic E-state index is 1.15. The van der Waals surface area contributed by atoms with Crippen molar-refractivity contribution in [2.45, 2.75) is 58.8 Å². The van der Waals surface area contributed by atoms with E-state index in [0.29, 0.717) is 0 Å². The van der Waals surface area contributed by atoms with Crippen molar-refractivity contribution in [2.24, 2.45) is 0 Å². The summed E-state index contributed by atoms with van der Waals surface area (Å²) in [5.74, 6) is 0. The molecule has 1 rings (SSSR count). The molecule has 0 amide bonds. The Bertz CT molecular complexity index is 330. The number of benzene rings is 1. The first-order valence-electron chi connectivity index (χ1n) is 7.57. The first-order chi connectivity index (χ1) is 8.81. The van der Waals surface area contributed by atoms with E-state index in [0.717, 1.165) is 13.0 Å². The first kappa shape index (κ1) is 15.2. The summed E-state index contributed by atoms with van der Waals surface area (Å²) in [5, 5.41) is 3.21. The SMILES string of the molecule is CCc1ccc(CC)c(CCCCCCNC)c1. The van der Waals surface area contributed by atoms with Crippen LogP contribution in [-0.2, 0) is 19.3 Å². The van der Waals surface area contributed by atoms with Gasteiger partial charge in [0, 0.05) is 0 Å². The van der Waals surface area contributed by atoms with E-state index < -0.39 is 0 Å². The zero-order chi connectivity index (χ0) is 13.2. The molecule has 1 aromatic carbocycles. The quantitative estimate of drug-likeness (QED) is 0.647. The molecule has 1 nitrogen and oxygen atoms in total. The Morgan fingerprint density at radius 2 is 1.67 bits per heavy atom. The van der Waals surface area contributed by atoms with E-state index in [4.69, 9.17) is 0 Å². The maximum atomic E-state index is 3.21. The molecular formula is C17H29N. The Kier molecular flexibility index (Phi) is 7.75. The number of unbranched alkanes of at least 4 members (excludes halogenated alkanes) is 3. The third-order valence-corrected chi connectivity index (χ3v) is 3.68. The van der Waals surface area contributed by atoms with Crippen molar-refractivity contribution in [3.8, 4) is 0 Å². The van der Waals surface area contributed by atoms with Crippen LogP contribution in [0.25, 0.3) is 0 Å². The van der Waals surface area contributed by atoms with Crippen LogP contribution >= 0.6 is 0 Å². The van der Waals surface area contributed by atoms with Gasteiger partial charge in [-0.05, 0) is 62.4 Å². The summed E-state index contributed by atoms with van der Waals surface area (Å²) in [4.78, 5) is 0. The minimum atomic E-state index is 1.15. The van der Waals surface area contributed by atoms with Gasteiger partial charge in [-0.2, -0.15) is 0 Å². The van der Waals surface area contributed by atoms with Crippen LogP contribution in [0.3, 0.4) is 0 Å². The highest BCUT2D eigenvalue weighted by atomic mass is 14.8. The Morgan fingerprint density at radius 3 is 2.33 bits per heavy atom. The van der Waals surface area contributed by atoms with Gasteiger partial charge in [0.25, 0.3) is 0 Å². The predicted octanol–water partition coefficient (Wildman–Crippen LogP) is 4.13. The molecule has 0 heterocycles. The van der Waals surface area contributed by atoms with Crippen molar-refractivity contribution in [1.82, 2.24) is 5.32 Å². The zero-order valence-electron chi connectivity index (χ0n) is 12.4. The van der Waals surface area contributed by atoms with Crippen molar-refractivity contribution < 1.29 is 0 Å². The molecule has 1 heteroatoms. The number of hydrogen-bond donors (Lipinski definition) is 1. The minimum Gasteiger partial charge on any atom is -0.320 e. The maximum absolute atomic E-state index is 3.21. The lowest BCUT2D eigenvalue weighted by Crippen LogP contribution is -2.07. The van der Waals surface area contributed by atoms with Gasteiger partial charge in [-0.1, -0.05) is 44.9 Å². The fourth-order valence-electron chi connectivity index (χ4n) is 2.45. The van der Waals surface area contributed by atoms with Gasteiger partial charge in [0.15, 0.2) is 0 Å². The van der Waals surface area contributed by atoms with Gasteiger partial charge in [-0.15, -0.1) is 0 Å².